The summed E-state index contributed by atoms with van der Waals surface area (Å²) in [5.41, 5.74) is 12.7. The molecular formula is C13H16N4O. The number of fused-ring (bicyclic) bond motifs is 1. The zero-order chi connectivity index (χ0) is 13.1. The highest BCUT2D eigenvalue weighted by Crippen LogP contribution is 2.27. The summed E-state index contributed by atoms with van der Waals surface area (Å²) < 4.78 is 0. The van der Waals surface area contributed by atoms with Crippen LogP contribution in [0.4, 0.5) is 11.4 Å². The van der Waals surface area contributed by atoms with Crippen LogP contribution < -0.4 is 16.8 Å². The number of aromatic nitrogens is 1. The number of hydrogen-bond acceptors (Lipinski definition) is 4. The first-order chi connectivity index (χ1) is 8.58. The molecule has 18 heavy (non-hydrogen) atoms. The van der Waals surface area contributed by atoms with Gasteiger partial charge in [-0.2, -0.15) is 0 Å². The highest BCUT2D eigenvalue weighted by atomic mass is 16.1. The lowest BCUT2D eigenvalue weighted by molar-refractivity contribution is -0.118. The van der Waals surface area contributed by atoms with Gasteiger partial charge in [0, 0.05) is 47.0 Å². The molecule has 0 saturated carbocycles. The van der Waals surface area contributed by atoms with Gasteiger partial charge in [-0.25, -0.2) is 0 Å². The van der Waals surface area contributed by atoms with Crippen molar-refractivity contribution in [3.8, 4) is 0 Å². The molecule has 0 saturated heterocycles. The van der Waals surface area contributed by atoms with Crippen molar-refractivity contribution in [1.82, 2.24) is 4.98 Å². The van der Waals surface area contributed by atoms with Gasteiger partial charge in [0.2, 0.25) is 5.91 Å². The number of hydrogen-bond donors (Lipinski definition) is 3. The Hall–Kier alpha value is -2.30. The second kappa shape index (κ2) is 4.91. The Kier molecular flexibility index (Phi) is 3.32. The van der Waals surface area contributed by atoms with Crippen molar-refractivity contribution in [1.29, 1.82) is 0 Å². The van der Waals surface area contributed by atoms with Crippen LogP contribution in [0, 0.1) is 0 Å². The summed E-state index contributed by atoms with van der Waals surface area (Å²) in [5, 5.41) is 5.13. The average Bonchev–Trinajstić information content (AvgIpc) is 2.32. The third-order valence-corrected chi connectivity index (χ3v) is 2.76. The van der Waals surface area contributed by atoms with E-state index in [1.54, 1.807) is 12.4 Å². The summed E-state index contributed by atoms with van der Waals surface area (Å²) in [4.78, 5) is 15.0. The lowest BCUT2D eigenvalue weighted by atomic mass is 10.1. The minimum atomic E-state index is -0.326. The molecule has 2 rings (SSSR count). The van der Waals surface area contributed by atoms with Crippen LogP contribution in [0.1, 0.15) is 13.3 Å². The summed E-state index contributed by atoms with van der Waals surface area (Å²) in [6.07, 6.45) is 3.74. The predicted octanol–water partition coefficient (Wildman–Crippen LogP) is 1.49. The summed E-state index contributed by atoms with van der Waals surface area (Å²) in [5.74, 6) is -0.326. The molecule has 5 heteroatoms. The molecule has 1 atom stereocenters. The molecule has 0 radical (unpaired) electrons. The number of nitrogens with one attached hydrogen (secondary N) is 1. The third-order valence-electron chi connectivity index (χ3n) is 2.76. The zero-order valence-electron chi connectivity index (χ0n) is 10.2. The van der Waals surface area contributed by atoms with Crippen LogP contribution in [0.5, 0.6) is 0 Å². The van der Waals surface area contributed by atoms with E-state index in [2.05, 4.69) is 10.3 Å². The molecule has 0 bridgehead atoms. The molecule has 0 aliphatic heterocycles. The number of carbonyl (C=O) groups excluding carboxylic acids is 1. The van der Waals surface area contributed by atoms with Crippen molar-refractivity contribution in [2.45, 2.75) is 19.4 Å². The fourth-order valence-corrected chi connectivity index (χ4v) is 1.96. The number of amides is 1. The molecule has 1 aromatic carbocycles. The van der Waals surface area contributed by atoms with E-state index >= 15 is 0 Å². The number of rotatable bonds is 4. The highest BCUT2D eigenvalue weighted by Gasteiger charge is 2.09. The van der Waals surface area contributed by atoms with E-state index in [4.69, 9.17) is 11.5 Å². The van der Waals surface area contributed by atoms with E-state index in [0.717, 1.165) is 16.5 Å². The van der Waals surface area contributed by atoms with E-state index in [9.17, 15) is 4.79 Å². The fourth-order valence-electron chi connectivity index (χ4n) is 1.96. The molecule has 0 fully saturated rings. The molecule has 0 spiro atoms. The summed E-state index contributed by atoms with van der Waals surface area (Å²) in [6.45, 7) is 1.91. The molecule has 1 unspecified atom stereocenters. The van der Waals surface area contributed by atoms with Crippen LogP contribution in [0.15, 0.2) is 30.6 Å². The minimum Gasteiger partial charge on any atom is -0.398 e. The number of anilines is 2. The number of pyridine rings is 1. The first-order valence-corrected chi connectivity index (χ1v) is 5.75. The molecular weight excluding hydrogens is 228 g/mol. The van der Waals surface area contributed by atoms with Gasteiger partial charge in [0.15, 0.2) is 0 Å². The summed E-state index contributed by atoms with van der Waals surface area (Å²) in [6, 6.07) is 5.56. The van der Waals surface area contributed by atoms with Gasteiger partial charge in [-0.05, 0) is 25.1 Å². The van der Waals surface area contributed by atoms with Gasteiger partial charge in [0.1, 0.15) is 0 Å². The SMILES string of the molecule is CC(CC(N)=O)Nc1ccc(N)c2ccncc12. The van der Waals surface area contributed by atoms with Crippen molar-refractivity contribution in [2.24, 2.45) is 5.73 Å². The Morgan fingerprint density at radius 2 is 2.17 bits per heavy atom. The Labute approximate surface area is 105 Å². The van der Waals surface area contributed by atoms with E-state index in [-0.39, 0.29) is 18.4 Å². The molecule has 0 aliphatic carbocycles. The quantitative estimate of drug-likeness (QED) is 0.710. The number of benzene rings is 1. The first-order valence-electron chi connectivity index (χ1n) is 5.75. The van der Waals surface area contributed by atoms with Crippen molar-refractivity contribution >= 4 is 28.1 Å². The van der Waals surface area contributed by atoms with Gasteiger partial charge in [-0.15, -0.1) is 0 Å². The monoisotopic (exact) mass is 244 g/mol. The lowest BCUT2D eigenvalue weighted by Gasteiger charge is -2.16. The zero-order valence-corrected chi connectivity index (χ0v) is 10.2. The van der Waals surface area contributed by atoms with Crippen molar-refractivity contribution in [2.75, 3.05) is 11.1 Å². The average molecular weight is 244 g/mol. The fraction of sp³-hybridized carbons (Fsp3) is 0.231. The van der Waals surface area contributed by atoms with Crippen LogP contribution >= 0.6 is 0 Å². The molecule has 1 amide bonds. The van der Waals surface area contributed by atoms with Gasteiger partial charge in [0.25, 0.3) is 0 Å². The lowest BCUT2D eigenvalue weighted by Crippen LogP contribution is -2.24. The predicted molar refractivity (Wildman–Crippen MR) is 73.1 cm³/mol. The largest absolute Gasteiger partial charge is 0.398 e. The summed E-state index contributed by atoms with van der Waals surface area (Å²) in [7, 11) is 0. The normalized spacial score (nSPS) is 12.3. The Morgan fingerprint density at radius 3 is 2.89 bits per heavy atom. The maximum absolute atomic E-state index is 10.9. The Balaban J connectivity index is 2.34. The van der Waals surface area contributed by atoms with Crippen LogP contribution in [-0.2, 0) is 4.79 Å². The standard InChI is InChI=1S/C13H16N4O/c1-8(6-13(15)18)17-12-3-2-11(14)9-4-5-16-7-10(9)12/h2-5,7-8,17H,6,14H2,1H3,(H2,15,18). The molecule has 5 nitrogen and oxygen atoms in total. The van der Waals surface area contributed by atoms with Gasteiger partial charge < -0.3 is 16.8 Å². The molecule has 2 aromatic rings. The second-order valence-corrected chi connectivity index (χ2v) is 4.34. The van der Waals surface area contributed by atoms with Crippen LogP contribution in [0.3, 0.4) is 0 Å². The maximum atomic E-state index is 10.9. The van der Waals surface area contributed by atoms with E-state index in [1.807, 2.05) is 25.1 Å². The number of carbonyl (C=O) groups is 1. The van der Waals surface area contributed by atoms with Crippen molar-refractivity contribution < 1.29 is 4.79 Å². The van der Waals surface area contributed by atoms with Gasteiger partial charge in [-0.3, -0.25) is 9.78 Å². The van der Waals surface area contributed by atoms with E-state index in [1.165, 1.54) is 0 Å². The van der Waals surface area contributed by atoms with Crippen LogP contribution in [0.25, 0.3) is 10.8 Å². The van der Waals surface area contributed by atoms with Crippen LogP contribution in [-0.4, -0.2) is 16.9 Å². The first kappa shape index (κ1) is 12.2. The number of nitrogens with zero attached hydrogens (tertiary/aromatic N) is 1. The number of nitrogen functional groups attached to an aromatic ring is 1. The molecule has 5 N–H and O–H groups in total. The molecule has 1 aromatic heterocycles. The maximum Gasteiger partial charge on any atom is 0.219 e. The number of primary amides is 1. The van der Waals surface area contributed by atoms with Gasteiger partial charge in [-0.1, -0.05) is 0 Å². The van der Waals surface area contributed by atoms with Gasteiger partial charge >= 0.3 is 0 Å². The Bertz CT molecular complexity index is 582. The van der Waals surface area contributed by atoms with Gasteiger partial charge in [0.05, 0.1) is 0 Å². The molecule has 1 heterocycles. The minimum absolute atomic E-state index is 0.0328. The van der Waals surface area contributed by atoms with E-state index in [0.29, 0.717) is 5.69 Å². The summed E-state index contributed by atoms with van der Waals surface area (Å²) >= 11 is 0. The third kappa shape index (κ3) is 2.51. The number of nitrogens with two attached hydrogens (primary N) is 2. The highest BCUT2D eigenvalue weighted by molar-refractivity contribution is 6.00. The molecule has 94 valence electrons. The topological polar surface area (TPSA) is 94.0 Å². The Morgan fingerprint density at radius 1 is 1.39 bits per heavy atom. The van der Waals surface area contributed by atoms with Crippen molar-refractivity contribution in [3.05, 3.63) is 30.6 Å². The second-order valence-electron chi connectivity index (χ2n) is 4.34. The van der Waals surface area contributed by atoms with Crippen LogP contribution in [0.2, 0.25) is 0 Å². The van der Waals surface area contributed by atoms with Crippen molar-refractivity contribution in [3.63, 3.8) is 0 Å². The van der Waals surface area contributed by atoms with E-state index < -0.39 is 0 Å². The smallest absolute Gasteiger partial charge is 0.219 e. The molecule has 0 aliphatic rings.